The molecule has 0 aromatic heterocycles. The molecule has 1 aliphatic heterocycles. The van der Waals surface area contributed by atoms with Crippen molar-refractivity contribution in [3.8, 4) is 11.1 Å². The molecule has 0 radical (unpaired) electrons. The highest BCUT2D eigenvalue weighted by Crippen LogP contribution is 2.46. The number of rotatable bonds is 4. The van der Waals surface area contributed by atoms with Gasteiger partial charge in [-0.2, -0.15) is 0 Å². The first kappa shape index (κ1) is 18.9. The summed E-state index contributed by atoms with van der Waals surface area (Å²) in [6.07, 6.45) is 4.23. The first-order valence-electron chi connectivity index (χ1n) is 9.49. The van der Waals surface area contributed by atoms with Gasteiger partial charge in [-0.15, -0.1) is 0 Å². The number of hydrogen-bond donors (Lipinski definition) is 1. The minimum Gasteiger partial charge on any atom is -0.280 e. The predicted octanol–water partition coefficient (Wildman–Crippen LogP) is 5.74. The quantitative estimate of drug-likeness (QED) is 0.571. The van der Waals surface area contributed by atoms with Crippen LogP contribution in [0.2, 0.25) is 5.02 Å². The van der Waals surface area contributed by atoms with Crippen molar-refractivity contribution in [2.75, 3.05) is 0 Å². The Bertz CT molecular complexity index is 1340. The van der Waals surface area contributed by atoms with E-state index in [9.17, 15) is 8.42 Å². The fourth-order valence-electron chi connectivity index (χ4n) is 3.79. The Balaban J connectivity index is 1.57. The van der Waals surface area contributed by atoms with E-state index in [4.69, 9.17) is 16.6 Å². The molecule has 3 aromatic rings. The van der Waals surface area contributed by atoms with Crippen molar-refractivity contribution in [2.45, 2.75) is 11.3 Å². The highest BCUT2D eigenvalue weighted by Gasteiger charge is 2.28. The number of nitrogens with one attached hydrogen (secondary N) is 1. The van der Waals surface area contributed by atoms with Crippen LogP contribution < -0.4 is 4.72 Å². The van der Waals surface area contributed by atoms with Gasteiger partial charge in [0.05, 0.1) is 16.3 Å². The van der Waals surface area contributed by atoms with E-state index in [0.29, 0.717) is 17.1 Å². The molecular weight excluding hydrogens is 416 g/mol. The van der Waals surface area contributed by atoms with Crippen LogP contribution in [0, 0.1) is 0 Å². The van der Waals surface area contributed by atoms with Crippen LogP contribution in [0.5, 0.6) is 0 Å². The second kappa shape index (κ2) is 7.27. The zero-order valence-corrected chi connectivity index (χ0v) is 17.4. The minimum atomic E-state index is -3.67. The molecule has 0 fully saturated rings. The normalized spacial score (nSPS) is 14.9. The number of aliphatic imine (C=N–C) groups is 1. The average molecular weight is 433 g/mol. The van der Waals surface area contributed by atoms with Gasteiger partial charge in [0.2, 0.25) is 0 Å². The van der Waals surface area contributed by atoms with Crippen molar-refractivity contribution in [3.63, 3.8) is 0 Å². The summed E-state index contributed by atoms with van der Waals surface area (Å²) < 4.78 is 28.2. The van der Waals surface area contributed by atoms with E-state index in [1.807, 2.05) is 54.6 Å². The Morgan fingerprint density at radius 3 is 2.30 bits per heavy atom. The molecule has 1 heterocycles. The number of halogens is 1. The summed E-state index contributed by atoms with van der Waals surface area (Å²) in [5.41, 5.74) is 6.03. The van der Waals surface area contributed by atoms with Crippen LogP contribution in [-0.4, -0.2) is 14.1 Å². The third kappa shape index (κ3) is 3.26. The van der Waals surface area contributed by atoms with Crippen molar-refractivity contribution in [3.05, 3.63) is 101 Å². The van der Waals surface area contributed by atoms with Crippen molar-refractivity contribution in [1.29, 1.82) is 0 Å². The number of allylic oxidation sites excluding steroid dienone is 3. The monoisotopic (exact) mass is 432 g/mol. The average Bonchev–Trinajstić information content (AvgIpc) is 3.13. The van der Waals surface area contributed by atoms with Gasteiger partial charge in [-0.25, -0.2) is 8.42 Å². The van der Waals surface area contributed by atoms with E-state index in [1.165, 1.54) is 0 Å². The summed E-state index contributed by atoms with van der Waals surface area (Å²) >= 11 is 6.59. The fourth-order valence-corrected chi connectivity index (χ4v) is 5.14. The Hall–Kier alpha value is -3.15. The number of fused-ring (bicyclic) bond motifs is 3. The fraction of sp³-hybridized carbons (Fsp3) is 0.0417. The molecule has 0 amide bonds. The van der Waals surface area contributed by atoms with Gasteiger partial charge >= 0.3 is 0 Å². The lowest BCUT2D eigenvalue weighted by molar-refractivity contribution is 0.589. The zero-order valence-electron chi connectivity index (χ0n) is 15.8. The molecule has 3 aromatic carbocycles. The predicted molar refractivity (Wildman–Crippen MR) is 121 cm³/mol. The van der Waals surface area contributed by atoms with Crippen LogP contribution in [0.4, 0.5) is 5.69 Å². The maximum absolute atomic E-state index is 12.7. The summed E-state index contributed by atoms with van der Waals surface area (Å²) in [5, 5.41) is 0.637. The van der Waals surface area contributed by atoms with Crippen LogP contribution in [-0.2, 0) is 10.0 Å². The van der Waals surface area contributed by atoms with E-state index >= 15 is 0 Å². The van der Waals surface area contributed by atoms with Crippen molar-refractivity contribution in [1.82, 2.24) is 4.72 Å². The Morgan fingerprint density at radius 2 is 1.57 bits per heavy atom. The summed E-state index contributed by atoms with van der Waals surface area (Å²) in [6, 6.07) is 22.0. The summed E-state index contributed by atoms with van der Waals surface area (Å²) in [5.74, 6) is 0. The van der Waals surface area contributed by atoms with Crippen LogP contribution in [0.15, 0.2) is 101 Å². The Labute approximate surface area is 180 Å². The lowest BCUT2D eigenvalue weighted by atomic mass is 9.90. The molecule has 0 saturated carbocycles. The first-order chi connectivity index (χ1) is 14.5. The third-order valence-corrected chi connectivity index (χ3v) is 6.86. The van der Waals surface area contributed by atoms with Gasteiger partial charge in [0, 0.05) is 33.8 Å². The number of benzene rings is 3. The van der Waals surface area contributed by atoms with E-state index in [0.717, 1.165) is 33.7 Å². The highest BCUT2D eigenvalue weighted by atomic mass is 35.5. The van der Waals surface area contributed by atoms with E-state index in [-0.39, 0.29) is 4.90 Å². The smallest absolute Gasteiger partial charge is 0.261 e. The molecule has 0 atom stereocenters. The van der Waals surface area contributed by atoms with Gasteiger partial charge in [0.15, 0.2) is 0 Å². The van der Waals surface area contributed by atoms with Crippen LogP contribution in [0.3, 0.4) is 0 Å². The Morgan fingerprint density at radius 1 is 0.867 bits per heavy atom. The molecule has 0 spiro atoms. The largest absolute Gasteiger partial charge is 0.280 e. The van der Waals surface area contributed by atoms with Gasteiger partial charge in [-0.3, -0.25) is 9.71 Å². The maximum Gasteiger partial charge on any atom is 0.261 e. The van der Waals surface area contributed by atoms with Crippen molar-refractivity contribution < 1.29 is 8.42 Å². The van der Waals surface area contributed by atoms with Gasteiger partial charge < -0.3 is 0 Å². The molecular formula is C24H17ClN2O2S. The molecule has 1 aliphatic carbocycles. The number of sulfonamides is 1. The van der Waals surface area contributed by atoms with Crippen LogP contribution in [0.25, 0.3) is 16.7 Å². The van der Waals surface area contributed by atoms with E-state index in [2.05, 4.69) is 4.72 Å². The second-order valence-corrected chi connectivity index (χ2v) is 9.17. The molecule has 2 aliphatic rings. The first-order valence-corrected chi connectivity index (χ1v) is 11.3. The molecule has 148 valence electrons. The summed E-state index contributed by atoms with van der Waals surface area (Å²) in [6.45, 7) is 0. The Kier molecular flexibility index (Phi) is 4.57. The van der Waals surface area contributed by atoms with Gasteiger partial charge in [-0.1, -0.05) is 66.2 Å². The zero-order chi connectivity index (χ0) is 20.7. The molecule has 0 bridgehead atoms. The van der Waals surface area contributed by atoms with Crippen LogP contribution in [0.1, 0.15) is 12.0 Å². The molecule has 0 saturated heterocycles. The number of hydrogen-bond acceptors (Lipinski definition) is 3. The van der Waals surface area contributed by atoms with E-state index < -0.39 is 10.0 Å². The SMILES string of the molecule is O=S(=O)(NC1=CCC2=Nc3ccc(Cl)c(-c4ccccc4)c3C2=C1)c1ccccc1. The lowest BCUT2D eigenvalue weighted by Gasteiger charge is -2.17. The van der Waals surface area contributed by atoms with Crippen molar-refractivity contribution >= 4 is 38.6 Å². The number of nitrogens with zero attached hydrogens (tertiary/aromatic N) is 1. The molecule has 6 heteroatoms. The minimum absolute atomic E-state index is 0.226. The summed E-state index contributed by atoms with van der Waals surface area (Å²) in [7, 11) is -3.67. The topological polar surface area (TPSA) is 58.5 Å². The summed E-state index contributed by atoms with van der Waals surface area (Å²) in [4.78, 5) is 4.98. The second-order valence-electron chi connectivity index (χ2n) is 7.08. The molecule has 30 heavy (non-hydrogen) atoms. The van der Waals surface area contributed by atoms with Gasteiger partial charge in [0.1, 0.15) is 0 Å². The third-order valence-electron chi connectivity index (χ3n) is 5.15. The van der Waals surface area contributed by atoms with Crippen molar-refractivity contribution in [2.24, 2.45) is 4.99 Å². The van der Waals surface area contributed by atoms with Gasteiger partial charge in [0.25, 0.3) is 10.0 Å². The van der Waals surface area contributed by atoms with Gasteiger partial charge in [-0.05, 0) is 35.9 Å². The molecule has 4 nitrogen and oxygen atoms in total. The lowest BCUT2D eigenvalue weighted by Crippen LogP contribution is -2.24. The molecule has 0 unspecified atom stereocenters. The molecule has 5 rings (SSSR count). The standard InChI is InChI=1S/C24H17ClN2O2S/c25-20-12-14-22-24(23(20)16-7-3-1-4-8-16)19-15-17(11-13-21(19)26-22)27-30(28,29)18-9-5-2-6-10-18/h1-12,14-15,27H,13H2. The van der Waals surface area contributed by atoms with Crippen LogP contribution >= 0.6 is 11.6 Å². The molecule has 1 N–H and O–H groups in total. The van der Waals surface area contributed by atoms with E-state index in [1.54, 1.807) is 30.3 Å². The maximum atomic E-state index is 12.7. The highest BCUT2D eigenvalue weighted by molar-refractivity contribution is 7.89.